The van der Waals surface area contributed by atoms with E-state index in [2.05, 4.69) is 10.2 Å². The monoisotopic (exact) mass is 662 g/mol. The van der Waals surface area contributed by atoms with E-state index in [4.69, 9.17) is 9.47 Å². The van der Waals surface area contributed by atoms with Gasteiger partial charge in [0.15, 0.2) is 0 Å². The van der Waals surface area contributed by atoms with Gasteiger partial charge in [-0.2, -0.15) is 0 Å². The molecule has 0 radical (unpaired) electrons. The summed E-state index contributed by atoms with van der Waals surface area (Å²) in [4.78, 5) is 51.0. The molecule has 0 spiro atoms. The van der Waals surface area contributed by atoms with Crippen molar-refractivity contribution in [3.05, 3.63) is 58.2 Å². The first-order chi connectivity index (χ1) is 22.5. The molecule has 3 N–H and O–H groups in total. The first-order valence-electron chi connectivity index (χ1n) is 17.0. The van der Waals surface area contributed by atoms with Gasteiger partial charge in [0, 0.05) is 19.4 Å². The van der Waals surface area contributed by atoms with E-state index in [1.165, 1.54) is 0 Å². The molecular weight excluding hydrogens is 608 g/mol. The fourth-order valence-corrected chi connectivity index (χ4v) is 5.92. The van der Waals surface area contributed by atoms with Gasteiger partial charge in [0.05, 0.1) is 31.3 Å². The van der Waals surface area contributed by atoms with Gasteiger partial charge in [0.25, 0.3) is 5.09 Å². The maximum atomic E-state index is 12.8. The highest BCUT2D eigenvalue weighted by atomic mass is 16.9. The normalized spacial score (nSPS) is 19.9. The van der Waals surface area contributed by atoms with E-state index >= 15 is 0 Å². The SMILES string of the molecule is CC(C)OC(=O)CCC/C=C\C[C@@H]1[C@@H](CC[C@H](CCc2ccccc2)OC(=O)CCNC(=O)CCCCCO[N+](=O)[O-])[C@H](O)C[C@@H]1O. The van der Waals surface area contributed by atoms with Crippen LogP contribution in [-0.4, -0.2) is 70.7 Å². The van der Waals surface area contributed by atoms with Crippen molar-refractivity contribution in [2.75, 3.05) is 13.2 Å². The van der Waals surface area contributed by atoms with E-state index < -0.39 is 23.3 Å². The molecule has 2 rings (SSSR count). The second-order valence-corrected chi connectivity index (χ2v) is 12.5. The van der Waals surface area contributed by atoms with Gasteiger partial charge >= 0.3 is 11.9 Å². The van der Waals surface area contributed by atoms with Crippen LogP contribution in [0.25, 0.3) is 0 Å². The molecule has 12 nitrogen and oxygen atoms in total. The molecule has 5 atom stereocenters. The molecule has 1 amide bonds. The lowest BCUT2D eigenvalue weighted by atomic mass is 9.85. The van der Waals surface area contributed by atoms with Crippen LogP contribution >= 0.6 is 0 Å². The molecule has 1 saturated carbocycles. The Morgan fingerprint density at radius 3 is 2.38 bits per heavy atom. The van der Waals surface area contributed by atoms with Crippen LogP contribution in [0.4, 0.5) is 0 Å². The number of amides is 1. The standard InChI is InChI=1S/C35H54N2O10/c1-26(2)46-34(41)17-11-4-3-9-15-29-30(32(39)25-31(29)38)21-20-28(19-18-27-13-7-5-8-14-27)47-35(42)22-23-36-33(40)16-10-6-12-24-45-37(43)44/h3,5,7-9,13-14,26,28-32,38-39H,4,6,10-12,15-25H2,1-2H3,(H,36,40)/b9-3-/t28-,29+,30+,31-,32+/m0/s1. The van der Waals surface area contributed by atoms with Crippen LogP contribution in [0, 0.1) is 22.0 Å². The number of carbonyl (C=O) groups is 3. The summed E-state index contributed by atoms with van der Waals surface area (Å²) in [6.07, 6.45) is 9.34. The van der Waals surface area contributed by atoms with Gasteiger partial charge in [-0.05, 0) is 95.5 Å². The lowest BCUT2D eigenvalue weighted by molar-refractivity contribution is -0.757. The number of hydrogen-bond donors (Lipinski definition) is 3. The number of ether oxygens (including phenoxy) is 2. The molecule has 0 aromatic heterocycles. The zero-order chi connectivity index (χ0) is 34.4. The van der Waals surface area contributed by atoms with E-state index in [1.807, 2.05) is 56.3 Å². The van der Waals surface area contributed by atoms with Gasteiger partial charge in [-0.25, -0.2) is 0 Å². The topological polar surface area (TPSA) is 175 Å². The predicted molar refractivity (Wildman–Crippen MR) is 175 cm³/mol. The molecule has 0 aliphatic heterocycles. The van der Waals surface area contributed by atoms with Crippen LogP contribution < -0.4 is 5.32 Å². The summed E-state index contributed by atoms with van der Waals surface area (Å²) >= 11 is 0. The summed E-state index contributed by atoms with van der Waals surface area (Å²) < 4.78 is 11.0. The van der Waals surface area contributed by atoms with Crippen LogP contribution in [-0.2, 0) is 35.1 Å². The Bertz CT molecular complexity index is 1100. The van der Waals surface area contributed by atoms with Crippen molar-refractivity contribution in [3.63, 3.8) is 0 Å². The van der Waals surface area contributed by atoms with E-state index in [9.17, 15) is 34.7 Å². The Morgan fingerprint density at radius 2 is 1.66 bits per heavy atom. The van der Waals surface area contributed by atoms with Gasteiger partial charge in [-0.3, -0.25) is 14.4 Å². The van der Waals surface area contributed by atoms with Gasteiger partial charge in [-0.15, -0.1) is 10.1 Å². The maximum absolute atomic E-state index is 12.8. The van der Waals surface area contributed by atoms with Crippen LogP contribution in [0.3, 0.4) is 0 Å². The van der Waals surface area contributed by atoms with E-state index in [0.29, 0.717) is 64.2 Å². The van der Waals surface area contributed by atoms with Gasteiger partial charge in [0.1, 0.15) is 6.10 Å². The zero-order valence-electron chi connectivity index (χ0n) is 27.9. The second-order valence-electron chi connectivity index (χ2n) is 12.5. The first kappa shape index (κ1) is 39.7. The number of nitrogens with zero attached hydrogens (tertiary/aromatic N) is 1. The maximum Gasteiger partial charge on any atom is 0.307 e. The number of carbonyl (C=O) groups excluding carboxylic acids is 3. The van der Waals surface area contributed by atoms with Crippen molar-refractivity contribution in [1.82, 2.24) is 5.32 Å². The number of benzene rings is 1. The third-order valence-corrected chi connectivity index (χ3v) is 8.33. The summed E-state index contributed by atoms with van der Waals surface area (Å²) in [6.45, 7) is 3.80. The fourth-order valence-electron chi connectivity index (χ4n) is 5.92. The predicted octanol–water partition coefficient (Wildman–Crippen LogP) is 5.01. The van der Waals surface area contributed by atoms with Crippen LogP contribution in [0.15, 0.2) is 42.5 Å². The molecule has 0 bridgehead atoms. The Balaban J connectivity index is 1.83. The quantitative estimate of drug-likeness (QED) is 0.0449. The average molecular weight is 663 g/mol. The van der Waals surface area contributed by atoms with Crippen molar-refractivity contribution in [2.45, 2.75) is 128 Å². The van der Waals surface area contributed by atoms with Gasteiger partial charge in [0.2, 0.25) is 5.91 Å². The Hall–Kier alpha value is -3.51. The lowest BCUT2D eigenvalue weighted by Gasteiger charge is -2.25. The highest BCUT2D eigenvalue weighted by molar-refractivity contribution is 5.77. The molecule has 47 heavy (non-hydrogen) atoms. The highest BCUT2D eigenvalue weighted by Gasteiger charge is 2.40. The molecule has 1 fully saturated rings. The minimum Gasteiger partial charge on any atom is -0.463 e. The van der Waals surface area contributed by atoms with Crippen molar-refractivity contribution in [2.24, 2.45) is 11.8 Å². The smallest absolute Gasteiger partial charge is 0.307 e. The molecule has 1 aromatic carbocycles. The first-order valence-corrected chi connectivity index (χ1v) is 17.0. The van der Waals surface area contributed by atoms with Crippen LogP contribution in [0.1, 0.15) is 103 Å². The average Bonchev–Trinajstić information content (AvgIpc) is 3.29. The highest BCUT2D eigenvalue weighted by Crippen LogP contribution is 2.39. The molecule has 1 aromatic rings. The Morgan fingerprint density at radius 1 is 0.936 bits per heavy atom. The minimum atomic E-state index is -0.836. The third kappa shape index (κ3) is 17.8. The number of aliphatic hydroxyl groups excluding tert-OH is 2. The molecule has 0 heterocycles. The molecule has 264 valence electrons. The second kappa shape index (κ2) is 22.9. The van der Waals surface area contributed by atoms with Gasteiger partial charge < -0.3 is 29.8 Å². The summed E-state index contributed by atoms with van der Waals surface area (Å²) in [5.74, 6) is -1.07. The van der Waals surface area contributed by atoms with E-state index in [0.717, 1.165) is 18.4 Å². The van der Waals surface area contributed by atoms with Crippen molar-refractivity contribution in [3.8, 4) is 0 Å². The van der Waals surface area contributed by atoms with Crippen molar-refractivity contribution >= 4 is 17.8 Å². The van der Waals surface area contributed by atoms with Gasteiger partial charge in [-0.1, -0.05) is 48.9 Å². The van der Waals surface area contributed by atoms with Crippen LogP contribution in [0.2, 0.25) is 0 Å². The molecule has 12 heteroatoms. The minimum absolute atomic E-state index is 0.00320. The summed E-state index contributed by atoms with van der Waals surface area (Å²) in [5.41, 5.74) is 1.13. The lowest BCUT2D eigenvalue weighted by Crippen LogP contribution is -2.28. The number of esters is 2. The largest absolute Gasteiger partial charge is 0.463 e. The number of unbranched alkanes of at least 4 members (excludes halogenated alkanes) is 3. The molecule has 1 aliphatic carbocycles. The Kier molecular flexibility index (Phi) is 19.3. The number of aliphatic hydroxyl groups is 2. The molecule has 0 saturated heterocycles. The molecule has 1 aliphatic rings. The number of rotatable bonds is 24. The van der Waals surface area contributed by atoms with E-state index in [1.54, 1.807) is 0 Å². The molecular formula is C35H54N2O10. The number of nitrogens with one attached hydrogen (secondary N) is 1. The Labute approximate surface area is 278 Å². The fraction of sp³-hybridized carbons (Fsp3) is 0.686. The summed E-state index contributed by atoms with van der Waals surface area (Å²) in [6, 6.07) is 9.92. The van der Waals surface area contributed by atoms with Crippen molar-refractivity contribution < 1.29 is 44.0 Å². The van der Waals surface area contributed by atoms with Crippen LogP contribution in [0.5, 0.6) is 0 Å². The molecule has 0 unspecified atom stereocenters. The summed E-state index contributed by atoms with van der Waals surface area (Å²) in [5, 5.41) is 33.5. The van der Waals surface area contributed by atoms with Crippen molar-refractivity contribution in [1.29, 1.82) is 0 Å². The number of aryl methyl sites for hydroxylation is 1. The third-order valence-electron chi connectivity index (χ3n) is 8.33. The zero-order valence-corrected chi connectivity index (χ0v) is 27.9. The van der Waals surface area contributed by atoms with E-state index in [-0.39, 0.29) is 61.9 Å². The summed E-state index contributed by atoms with van der Waals surface area (Å²) in [7, 11) is 0. The number of allylic oxidation sites excluding steroid dienone is 2. The number of hydrogen-bond acceptors (Lipinski definition) is 10.